The molecule has 25 heavy (non-hydrogen) atoms. The second-order valence-electron chi connectivity index (χ2n) is 5.59. The van der Waals surface area contributed by atoms with Crippen molar-refractivity contribution in [2.24, 2.45) is 4.40 Å². The van der Waals surface area contributed by atoms with E-state index in [4.69, 9.17) is 0 Å². The van der Waals surface area contributed by atoms with Crippen LogP contribution in [-0.2, 0) is 10.0 Å². The van der Waals surface area contributed by atoms with Crippen LogP contribution in [0.25, 0.3) is 0 Å². The molecule has 3 rings (SSSR count). The van der Waals surface area contributed by atoms with Crippen LogP contribution in [0.15, 0.2) is 94.2 Å². The first kappa shape index (κ1) is 16.9. The zero-order chi connectivity index (χ0) is 17.7. The fraction of sp³-hybridized carbons (Fsp3) is 0.0500. The van der Waals surface area contributed by atoms with Gasteiger partial charge in [-0.15, -0.1) is 4.40 Å². The number of hydrogen-bond acceptors (Lipinski definition) is 2. The largest absolute Gasteiger partial charge is 0.339 e. The average Bonchev–Trinajstić information content (AvgIpc) is 2.63. The summed E-state index contributed by atoms with van der Waals surface area (Å²) in [5.41, 5.74) is 2.55. The summed E-state index contributed by atoms with van der Waals surface area (Å²) in [5.74, 6) is 0.287. The number of sulfonamides is 1. The molecule has 0 aromatic heterocycles. The lowest BCUT2D eigenvalue weighted by Crippen LogP contribution is -2.16. The quantitative estimate of drug-likeness (QED) is 0.565. The third-order valence-corrected chi connectivity index (χ3v) is 4.87. The van der Waals surface area contributed by atoms with E-state index in [1.165, 1.54) is 12.1 Å². The first-order valence-corrected chi connectivity index (χ1v) is 9.28. The van der Waals surface area contributed by atoms with Crippen molar-refractivity contribution in [2.45, 2.75) is 11.8 Å². The fourth-order valence-corrected chi connectivity index (χ4v) is 3.37. The fourth-order valence-electron chi connectivity index (χ4n) is 2.37. The molecular formula is C20H18N2O2S. The van der Waals surface area contributed by atoms with Crippen molar-refractivity contribution in [1.29, 1.82) is 0 Å². The smallest absolute Gasteiger partial charge is 0.284 e. The van der Waals surface area contributed by atoms with Gasteiger partial charge in [0.1, 0.15) is 0 Å². The van der Waals surface area contributed by atoms with E-state index in [0.717, 1.165) is 11.3 Å². The Morgan fingerprint density at radius 1 is 0.840 bits per heavy atom. The van der Waals surface area contributed by atoms with Crippen LogP contribution >= 0.6 is 0 Å². The Morgan fingerprint density at radius 2 is 1.48 bits per heavy atom. The van der Waals surface area contributed by atoms with Crippen molar-refractivity contribution in [2.75, 3.05) is 5.32 Å². The van der Waals surface area contributed by atoms with Gasteiger partial charge in [0.2, 0.25) is 0 Å². The topological polar surface area (TPSA) is 58.5 Å². The van der Waals surface area contributed by atoms with Gasteiger partial charge in [0.15, 0.2) is 5.84 Å². The van der Waals surface area contributed by atoms with Gasteiger partial charge in [0.05, 0.1) is 4.90 Å². The number of nitrogens with one attached hydrogen (secondary N) is 1. The SMILES string of the molecule is Cc1cccc(NC(=NS(=O)(=O)c2ccccc2)c2ccccc2)c1. The van der Waals surface area contributed by atoms with E-state index in [1.807, 2.05) is 61.5 Å². The number of hydrogen-bond donors (Lipinski definition) is 1. The van der Waals surface area contributed by atoms with Crippen molar-refractivity contribution in [1.82, 2.24) is 0 Å². The zero-order valence-electron chi connectivity index (χ0n) is 13.8. The maximum atomic E-state index is 12.6. The highest BCUT2D eigenvalue weighted by Gasteiger charge is 2.15. The molecule has 0 atom stereocenters. The van der Waals surface area contributed by atoms with Crippen molar-refractivity contribution >= 4 is 21.5 Å². The van der Waals surface area contributed by atoms with Crippen LogP contribution in [0, 0.1) is 6.92 Å². The molecule has 0 amide bonds. The monoisotopic (exact) mass is 350 g/mol. The maximum absolute atomic E-state index is 12.6. The second-order valence-corrected chi connectivity index (χ2v) is 7.19. The number of rotatable bonds is 4. The molecule has 5 heteroatoms. The summed E-state index contributed by atoms with van der Waals surface area (Å²) in [5, 5.41) is 3.13. The van der Waals surface area contributed by atoms with Crippen molar-refractivity contribution in [3.05, 3.63) is 96.1 Å². The predicted octanol–water partition coefficient (Wildman–Crippen LogP) is 4.24. The van der Waals surface area contributed by atoms with Crippen LogP contribution in [0.4, 0.5) is 5.69 Å². The number of nitrogens with zero attached hydrogens (tertiary/aromatic N) is 1. The van der Waals surface area contributed by atoms with Gasteiger partial charge in [0, 0.05) is 11.3 Å². The minimum absolute atomic E-state index is 0.162. The molecule has 0 heterocycles. The minimum atomic E-state index is -3.81. The lowest BCUT2D eigenvalue weighted by molar-refractivity contribution is 0.598. The molecule has 0 saturated carbocycles. The third-order valence-electron chi connectivity index (χ3n) is 3.58. The molecule has 0 aliphatic rings. The van der Waals surface area contributed by atoms with E-state index in [0.29, 0.717) is 5.56 Å². The first-order chi connectivity index (χ1) is 12.0. The summed E-state index contributed by atoms with van der Waals surface area (Å²) in [6.45, 7) is 1.98. The summed E-state index contributed by atoms with van der Waals surface area (Å²) in [4.78, 5) is 0.162. The summed E-state index contributed by atoms with van der Waals surface area (Å²) < 4.78 is 29.3. The van der Waals surface area contributed by atoms with Crippen LogP contribution in [0.2, 0.25) is 0 Å². The molecular weight excluding hydrogens is 332 g/mol. The average molecular weight is 350 g/mol. The maximum Gasteiger partial charge on any atom is 0.284 e. The molecule has 4 nitrogen and oxygen atoms in total. The van der Waals surface area contributed by atoms with Crippen LogP contribution in [0.3, 0.4) is 0 Å². The number of aryl methyl sites for hydroxylation is 1. The summed E-state index contributed by atoms with van der Waals surface area (Å²) in [7, 11) is -3.81. The lowest BCUT2D eigenvalue weighted by Gasteiger charge is -2.11. The molecule has 0 spiro atoms. The van der Waals surface area contributed by atoms with E-state index < -0.39 is 10.0 Å². The van der Waals surface area contributed by atoms with Gasteiger partial charge < -0.3 is 5.32 Å². The van der Waals surface area contributed by atoms with Gasteiger partial charge in [-0.05, 0) is 36.8 Å². The van der Waals surface area contributed by atoms with Gasteiger partial charge in [-0.3, -0.25) is 0 Å². The first-order valence-electron chi connectivity index (χ1n) is 7.84. The van der Waals surface area contributed by atoms with E-state index in [2.05, 4.69) is 9.71 Å². The third kappa shape index (κ3) is 4.33. The highest BCUT2D eigenvalue weighted by molar-refractivity contribution is 7.90. The number of anilines is 1. The normalized spacial score (nSPS) is 12.0. The Kier molecular flexibility index (Phi) is 4.95. The van der Waals surface area contributed by atoms with Crippen LogP contribution in [0.1, 0.15) is 11.1 Å². The summed E-state index contributed by atoms with van der Waals surface area (Å²) >= 11 is 0. The van der Waals surface area contributed by atoms with E-state index >= 15 is 0 Å². The number of amidine groups is 1. The van der Waals surface area contributed by atoms with Crippen LogP contribution < -0.4 is 5.32 Å². The van der Waals surface area contributed by atoms with Crippen molar-refractivity contribution in [3.63, 3.8) is 0 Å². The summed E-state index contributed by atoms with van der Waals surface area (Å²) in [6.07, 6.45) is 0. The molecule has 0 bridgehead atoms. The minimum Gasteiger partial charge on any atom is -0.339 e. The predicted molar refractivity (Wildman–Crippen MR) is 101 cm³/mol. The Morgan fingerprint density at radius 3 is 2.12 bits per heavy atom. The number of benzene rings is 3. The Bertz CT molecular complexity index is 982. The van der Waals surface area contributed by atoms with Gasteiger partial charge in [-0.2, -0.15) is 8.42 Å². The molecule has 0 unspecified atom stereocenters. The molecule has 3 aromatic rings. The van der Waals surface area contributed by atoms with Crippen molar-refractivity contribution < 1.29 is 8.42 Å². The van der Waals surface area contributed by atoms with Gasteiger partial charge >= 0.3 is 0 Å². The Labute approximate surface area is 147 Å². The highest BCUT2D eigenvalue weighted by atomic mass is 32.2. The van der Waals surface area contributed by atoms with Gasteiger partial charge in [-0.25, -0.2) is 0 Å². The molecule has 0 fully saturated rings. The van der Waals surface area contributed by atoms with E-state index in [9.17, 15) is 8.42 Å². The van der Waals surface area contributed by atoms with E-state index in [-0.39, 0.29) is 10.7 Å². The molecule has 0 aliphatic heterocycles. The molecule has 0 radical (unpaired) electrons. The molecule has 0 aliphatic carbocycles. The second kappa shape index (κ2) is 7.32. The lowest BCUT2D eigenvalue weighted by atomic mass is 10.2. The van der Waals surface area contributed by atoms with Crippen LogP contribution in [-0.4, -0.2) is 14.3 Å². The zero-order valence-corrected chi connectivity index (χ0v) is 14.6. The van der Waals surface area contributed by atoms with E-state index in [1.54, 1.807) is 18.2 Å². The standard InChI is InChI=1S/C20H18N2O2S/c1-16-9-8-12-18(15-16)21-20(17-10-4-2-5-11-17)22-25(23,24)19-13-6-3-7-14-19/h2-15H,1H3,(H,21,22). The highest BCUT2D eigenvalue weighted by Crippen LogP contribution is 2.16. The molecule has 0 saturated heterocycles. The van der Waals surface area contributed by atoms with Gasteiger partial charge in [-0.1, -0.05) is 60.7 Å². The molecule has 1 N–H and O–H groups in total. The molecule has 126 valence electrons. The van der Waals surface area contributed by atoms with Crippen LogP contribution in [0.5, 0.6) is 0 Å². The Balaban J connectivity index is 2.05. The Hall–Kier alpha value is -2.92. The van der Waals surface area contributed by atoms with Gasteiger partial charge in [0.25, 0.3) is 10.0 Å². The summed E-state index contributed by atoms with van der Waals surface area (Å²) in [6, 6.07) is 25.1. The molecule has 3 aromatic carbocycles. The van der Waals surface area contributed by atoms with Crippen molar-refractivity contribution in [3.8, 4) is 0 Å².